The Bertz CT molecular complexity index is 1000. The van der Waals surface area contributed by atoms with Crippen molar-refractivity contribution in [1.82, 2.24) is 19.1 Å². The molecule has 1 aromatic carbocycles. The minimum atomic E-state index is -4.85. The highest BCUT2D eigenvalue weighted by atomic mass is 35.5. The van der Waals surface area contributed by atoms with Crippen LogP contribution in [0, 0.1) is 0 Å². The fourth-order valence-corrected chi connectivity index (χ4v) is 3.41. The number of aromatic nitrogens is 3. The highest BCUT2D eigenvalue weighted by Gasteiger charge is 2.43. The SMILES string of the molecule is O=S(=O)(N[C@H](c1ccc(Cl)cc1)C(F)(F)F)c1cn2ccnc2cn1. The fraction of sp³-hybridized carbons (Fsp3) is 0.143. The van der Waals surface area contributed by atoms with E-state index in [1.165, 1.54) is 28.9 Å². The largest absolute Gasteiger partial charge is 0.408 e. The van der Waals surface area contributed by atoms with Crippen molar-refractivity contribution < 1.29 is 21.6 Å². The number of halogens is 4. The molecule has 0 radical (unpaired) electrons. The molecular formula is C14H10ClF3N4O2S. The zero-order valence-corrected chi connectivity index (χ0v) is 13.8. The minimum Gasteiger partial charge on any atom is -0.303 e. The van der Waals surface area contributed by atoms with Crippen LogP contribution in [-0.4, -0.2) is 29.0 Å². The molecule has 0 aliphatic heterocycles. The van der Waals surface area contributed by atoms with Gasteiger partial charge in [0.2, 0.25) is 0 Å². The molecule has 0 unspecified atom stereocenters. The van der Waals surface area contributed by atoms with Gasteiger partial charge in [0.25, 0.3) is 10.0 Å². The number of nitrogens with one attached hydrogen (secondary N) is 1. The maximum absolute atomic E-state index is 13.4. The molecule has 2 aromatic heterocycles. The van der Waals surface area contributed by atoms with Crippen LogP contribution >= 0.6 is 11.6 Å². The van der Waals surface area contributed by atoms with Crippen LogP contribution < -0.4 is 4.72 Å². The smallest absolute Gasteiger partial charge is 0.303 e. The van der Waals surface area contributed by atoms with E-state index in [1.807, 2.05) is 0 Å². The molecule has 3 rings (SSSR count). The first-order valence-electron chi connectivity index (χ1n) is 6.80. The number of benzene rings is 1. The summed E-state index contributed by atoms with van der Waals surface area (Å²) in [6.45, 7) is 0. The molecule has 132 valence electrons. The Kier molecular flexibility index (Phi) is 4.43. The average molecular weight is 391 g/mol. The van der Waals surface area contributed by atoms with Crippen molar-refractivity contribution in [3.05, 3.63) is 59.6 Å². The summed E-state index contributed by atoms with van der Waals surface area (Å²) in [5, 5.41) is -0.319. The Morgan fingerprint density at radius 3 is 2.48 bits per heavy atom. The van der Waals surface area contributed by atoms with Gasteiger partial charge < -0.3 is 4.40 Å². The van der Waals surface area contributed by atoms with Crippen molar-refractivity contribution in [2.45, 2.75) is 17.2 Å². The number of sulfonamides is 1. The van der Waals surface area contributed by atoms with Crippen LogP contribution in [-0.2, 0) is 10.0 Å². The van der Waals surface area contributed by atoms with E-state index in [4.69, 9.17) is 11.6 Å². The van der Waals surface area contributed by atoms with E-state index in [9.17, 15) is 21.6 Å². The summed E-state index contributed by atoms with van der Waals surface area (Å²) in [4.78, 5) is 7.56. The van der Waals surface area contributed by atoms with E-state index in [1.54, 1.807) is 4.72 Å². The van der Waals surface area contributed by atoms with Gasteiger partial charge in [-0.05, 0) is 17.7 Å². The van der Waals surface area contributed by atoms with Crippen molar-refractivity contribution >= 4 is 27.3 Å². The van der Waals surface area contributed by atoms with Gasteiger partial charge in [-0.2, -0.15) is 17.9 Å². The molecule has 3 aromatic rings. The number of imidazole rings is 1. The third kappa shape index (κ3) is 3.75. The van der Waals surface area contributed by atoms with Gasteiger partial charge in [-0.3, -0.25) is 0 Å². The van der Waals surface area contributed by atoms with Gasteiger partial charge in [0.15, 0.2) is 10.7 Å². The molecule has 1 N–H and O–H groups in total. The summed E-state index contributed by atoms with van der Waals surface area (Å²) in [5.74, 6) is 0. The number of hydrogen-bond donors (Lipinski definition) is 1. The van der Waals surface area contributed by atoms with Gasteiger partial charge in [0, 0.05) is 23.6 Å². The summed E-state index contributed by atoms with van der Waals surface area (Å²) in [5.41, 5.74) is 0.0770. The van der Waals surface area contributed by atoms with Crippen LogP contribution in [0.3, 0.4) is 0 Å². The average Bonchev–Trinajstić information content (AvgIpc) is 3.00. The molecule has 1 atom stereocenters. The van der Waals surface area contributed by atoms with E-state index >= 15 is 0 Å². The van der Waals surface area contributed by atoms with Gasteiger partial charge >= 0.3 is 6.18 Å². The van der Waals surface area contributed by atoms with Gasteiger partial charge in [0.1, 0.15) is 6.04 Å². The van der Waals surface area contributed by atoms with E-state index in [-0.39, 0.29) is 10.6 Å². The number of alkyl halides is 3. The molecule has 0 spiro atoms. The molecule has 0 saturated carbocycles. The molecule has 0 saturated heterocycles. The lowest BCUT2D eigenvalue weighted by molar-refractivity contribution is -0.153. The summed E-state index contributed by atoms with van der Waals surface area (Å²) in [7, 11) is -4.53. The zero-order chi connectivity index (χ0) is 18.2. The van der Waals surface area contributed by atoms with Crippen molar-refractivity contribution in [3.8, 4) is 0 Å². The molecule has 0 aliphatic carbocycles. The van der Waals surface area contributed by atoms with Crippen LogP contribution in [0.15, 0.2) is 54.1 Å². The molecule has 0 amide bonds. The second-order valence-corrected chi connectivity index (χ2v) is 7.16. The van der Waals surface area contributed by atoms with Gasteiger partial charge in [0.05, 0.1) is 6.20 Å². The molecule has 0 fully saturated rings. The first-order valence-corrected chi connectivity index (χ1v) is 8.66. The summed E-state index contributed by atoms with van der Waals surface area (Å²) in [6, 6.07) is 2.28. The Morgan fingerprint density at radius 2 is 1.84 bits per heavy atom. The Balaban J connectivity index is 1.98. The summed E-state index contributed by atoms with van der Waals surface area (Å²) < 4.78 is 67.8. The van der Waals surface area contributed by atoms with Crippen LogP contribution in [0.2, 0.25) is 5.02 Å². The summed E-state index contributed by atoms with van der Waals surface area (Å²) >= 11 is 5.67. The first kappa shape index (κ1) is 17.6. The first-order chi connectivity index (χ1) is 11.7. The zero-order valence-electron chi connectivity index (χ0n) is 12.3. The highest BCUT2D eigenvalue weighted by Crippen LogP contribution is 2.34. The van der Waals surface area contributed by atoms with Gasteiger partial charge in [-0.15, -0.1) is 0 Å². The third-order valence-electron chi connectivity index (χ3n) is 3.33. The fourth-order valence-electron chi connectivity index (χ4n) is 2.14. The predicted octanol–water partition coefficient (Wildman–Crippen LogP) is 2.96. The lowest BCUT2D eigenvalue weighted by atomic mass is 10.1. The van der Waals surface area contributed by atoms with Crippen LogP contribution in [0.1, 0.15) is 11.6 Å². The normalized spacial score (nSPS) is 13.9. The van der Waals surface area contributed by atoms with Crippen LogP contribution in [0.5, 0.6) is 0 Å². The molecule has 11 heteroatoms. The molecule has 0 aliphatic rings. The van der Waals surface area contributed by atoms with E-state index in [0.717, 1.165) is 24.5 Å². The molecular weight excluding hydrogens is 381 g/mol. The Hall–Kier alpha value is -2.17. The lowest BCUT2D eigenvalue weighted by Gasteiger charge is -2.21. The van der Waals surface area contributed by atoms with Crippen molar-refractivity contribution in [1.29, 1.82) is 0 Å². The van der Waals surface area contributed by atoms with Crippen molar-refractivity contribution in [2.24, 2.45) is 0 Å². The van der Waals surface area contributed by atoms with Crippen LogP contribution in [0.4, 0.5) is 13.2 Å². The van der Waals surface area contributed by atoms with E-state index < -0.39 is 27.3 Å². The van der Waals surface area contributed by atoms with Crippen molar-refractivity contribution in [3.63, 3.8) is 0 Å². The maximum atomic E-state index is 13.4. The molecule has 25 heavy (non-hydrogen) atoms. The van der Waals surface area contributed by atoms with Crippen LogP contribution in [0.25, 0.3) is 5.65 Å². The monoisotopic (exact) mass is 390 g/mol. The standard InChI is InChI=1S/C14H10ClF3N4O2S/c15-10-3-1-9(2-4-10)13(14(16,17)18)21-25(23,24)12-8-22-6-5-19-11(22)7-20-12/h1-8,13,21H/t13-/m1/s1. The predicted molar refractivity (Wildman–Crippen MR) is 83.6 cm³/mol. The lowest BCUT2D eigenvalue weighted by Crippen LogP contribution is -2.38. The number of fused-ring (bicyclic) bond motifs is 1. The van der Waals surface area contributed by atoms with Gasteiger partial charge in [-0.1, -0.05) is 23.7 Å². The molecule has 2 heterocycles. The third-order valence-corrected chi connectivity index (χ3v) is 4.89. The minimum absolute atomic E-state index is 0.236. The highest BCUT2D eigenvalue weighted by molar-refractivity contribution is 7.89. The Labute approximate surface area is 145 Å². The number of rotatable bonds is 4. The van der Waals surface area contributed by atoms with Gasteiger partial charge in [-0.25, -0.2) is 18.4 Å². The topological polar surface area (TPSA) is 76.4 Å². The van der Waals surface area contributed by atoms with E-state index in [0.29, 0.717) is 5.65 Å². The molecule has 0 bridgehead atoms. The Morgan fingerprint density at radius 1 is 1.16 bits per heavy atom. The summed E-state index contributed by atoms with van der Waals surface area (Å²) in [6.07, 6.45) is 0.253. The van der Waals surface area contributed by atoms with E-state index in [2.05, 4.69) is 9.97 Å². The second kappa shape index (κ2) is 6.28. The second-order valence-electron chi connectivity index (χ2n) is 5.07. The molecule has 6 nitrogen and oxygen atoms in total. The number of hydrogen-bond acceptors (Lipinski definition) is 4. The quantitative estimate of drug-likeness (QED) is 0.743. The maximum Gasteiger partial charge on any atom is 0.408 e. The van der Waals surface area contributed by atoms with Crippen molar-refractivity contribution in [2.75, 3.05) is 0 Å². The number of nitrogens with zero attached hydrogens (tertiary/aromatic N) is 3.